The third-order valence-corrected chi connectivity index (χ3v) is 11.8. The molecule has 1 atom stereocenters. The van der Waals surface area contributed by atoms with Crippen molar-refractivity contribution in [1.29, 1.82) is 0 Å². The molecule has 0 rings (SSSR count). The topological polar surface area (TPSA) is 55.8 Å². The van der Waals surface area contributed by atoms with E-state index in [-0.39, 0.29) is 12.6 Å². The van der Waals surface area contributed by atoms with Gasteiger partial charge in [0.2, 0.25) is 0 Å². The van der Waals surface area contributed by atoms with Crippen molar-refractivity contribution in [3.8, 4) is 0 Å². The number of allylic oxidation sites excluding steroid dienone is 4. The van der Waals surface area contributed by atoms with Gasteiger partial charge >= 0.3 is 5.97 Å². The van der Waals surface area contributed by atoms with Gasteiger partial charge in [-0.3, -0.25) is 4.79 Å². The minimum atomic E-state index is -0.530. The zero-order valence-electron chi connectivity index (χ0n) is 38.9. The highest BCUT2D eigenvalue weighted by molar-refractivity contribution is 5.69. The van der Waals surface area contributed by atoms with Gasteiger partial charge in [-0.25, -0.2) is 0 Å². The molecule has 0 aliphatic rings. The fraction of sp³-hybridized carbons (Fsp3) is 0.906. The van der Waals surface area contributed by atoms with Crippen molar-refractivity contribution in [1.82, 2.24) is 0 Å². The molecule has 0 heterocycles. The normalized spacial score (nSPS) is 12.4. The maximum absolute atomic E-state index is 12.3. The number of carbonyl (C=O) groups is 1. The number of esters is 1. The van der Waals surface area contributed by atoms with Gasteiger partial charge < -0.3 is 14.6 Å². The van der Waals surface area contributed by atoms with E-state index in [1.807, 2.05) is 0 Å². The van der Waals surface area contributed by atoms with Gasteiger partial charge in [0.25, 0.3) is 0 Å². The van der Waals surface area contributed by atoms with Gasteiger partial charge in [-0.2, -0.15) is 0 Å². The summed E-state index contributed by atoms with van der Waals surface area (Å²) < 4.78 is 11.2. The summed E-state index contributed by atoms with van der Waals surface area (Å²) in [5.41, 5.74) is 0. The molecule has 0 amide bonds. The van der Waals surface area contributed by atoms with E-state index in [2.05, 4.69) is 38.2 Å². The number of carbonyl (C=O) groups excluding carboxylic acids is 1. The van der Waals surface area contributed by atoms with Crippen LogP contribution in [0.15, 0.2) is 24.3 Å². The number of hydrogen-bond donors (Lipinski definition) is 1. The predicted octanol–water partition coefficient (Wildman–Crippen LogP) is 17.4. The Kier molecular flexibility index (Phi) is 50.0. The van der Waals surface area contributed by atoms with Crippen molar-refractivity contribution in [2.24, 2.45) is 0 Å². The molecule has 0 aliphatic carbocycles. The van der Waals surface area contributed by atoms with Crippen LogP contribution in [0.2, 0.25) is 0 Å². The second-order valence-electron chi connectivity index (χ2n) is 17.6. The number of aliphatic hydroxyl groups is 1. The minimum absolute atomic E-state index is 0.166. The Morgan fingerprint density at radius 2 is 0.737 bits per heavy atom. The smallest absolute Gasteiger partial charge is 0.306 e. The van der Waals surface area contributed by atoms with Crippen LogP contribution in [0.25, 0.3) is 0 Å². The molecule has 1 unspecified atom stereocenters. The van der Waals surface area contributed by atoms with Gasteiger partial charge in [0.1, 0.15) is 6.10 Å². The summed E-state index contributed by atoms with van der Waals surface area (Å²) in [5, 5.41) is 9.65. The second kappa shape index (κ2) is 51.0. The van der Waals surface area contributed by atoms with Gasteiger partial charge in [0.05, 0.1) is 13.2 Å². The zero-order valence-corrected chi connectivity index (χ0v) is 38.9. The highest BCUT2D eigenvalue weighted by Gasteiger charge is 2.13. The first-order valence-electron chi connectivity index (χ1n) is 25.9. The second-order valence-corrected chi connectivity index (χ2v) is 17.6. The first-order chi connectivity index (χ1) is 28.2. The molecule has 4 heteroatoms. The van der Waals surface area contributed by atoms with Crippen molar-refractivity contribution in [2.75, 3.05) is 19.8 Å². The molecule has 4 nitrogen and oxygen atoms in total. The molecule has 0 radical (unpaired) electrons. The first-order valence-corrected chi connectivity index (χ1v) is 25.9. The first kappa shape index (κ1) is 55.9. The Morgan fingerprint density at radius 3 is 1.09 bits per heavy atom. The summed E-state index contributed by atoms with van der Waals surface area (Å²) in [6.45, 7) is 5.39. The van der Waals surface area contributed by atoms with Crippen molar-refractivity contribution in [2.45, 2.75) is 290 Å². The Labute approximate surface area is 358 Å². The Bertz CT molecular complexity index is 807. The van der Waals surface area contributed by atoms with E-state index in [1.165, 1.54) is 238 Å². The summed E-state index contributed by atoms with van der Waals surface area (Å²) in [7, 11) is 0. The van der Waals surface area contributed by atoms with E-state index >= 15 is 0 Å². The lowest BCUT2D eigenvalue weighted by Gasteiger charge is -2.16. The summed E-state index contributed by atoms with van der Waals surface area (Å²) in [6, 6.07) is 0. The highest BCUT2D eigenvalue weighted by atomic mass is 16.6. The maximum Gasteiger partial charge on any atom is 0.306 e. The number of unbranched alkanes of at least 4 members (excludes halogenated alkanes) is 37. The molecule has 0 saturated carbocycles. The van der Waals surface area contributed by atoms with Gasteiger partial charge in [0, 0.05) is 13.0 Å². The highest BCUT2D eigenvalue weighted by Crippen LogP contribution is 2.16. The Morgan fingerprint density at radius 1 is 0.421 bits per heavy atom. The molecule has 0 bridgehead atoms. The van der Waals surface area contributed by atoms with Crippen LogP contribution in [0.1, 0.15) is 284 Å². The van der Waals surface area contributed by atoms with Gasteiger partial charge in [-0.05, 0) is 44.9 Å². The number of hydrogen-bond acceptors (Lipinski definition) is 4. The number of aliphatic hydroxyl groups excluding tert-OH is 1. The average Bonchev–Trinajstić information content (AvgIpc) is 3.22. The lowest BCUT2D eigenvalue weighted by molar-refractivity contribution is -0.154. The molecule has 0 aromatic rings. The molecule has 1 N–H and O–H groups in total. The van der Waals surface area contributed by atoms with Crippen LogP contribution in [0, 0.1) is 0 Å². The summed E-state index contributed by atoms with van der Waals surface area (Å²) in [4.78, 5) is 12.3. The maximum atomic E-state index is 12.3. The molecule has 0 fully saturated rings. The molecule has 0 saturated heterocycles. The third kappa shape index (κ3) is 49.1. The van der Waals surface area contributed by atoms with Crippen LogP contribution in [-0.4, -0.2) is 37.0 Å². The molecular formula is C53H102O4. The molecule has 338 valence electrons. The fourth-order valence-electron chi connectivity index (χ4n) is 7.89. The van der Waals surface area contributed by atoms with Crippen LogP contribution >= 0.6 is 0 Å². The molecular weight excluding hydrogens is 701 g/mol. The monoisotopic (exact) mass is 803 g/mol. The SMILES string of the molecule is CCCCCCC/C=C\C/C=C\CCCCCCCCCCCCCCCCOCC(CO)OC(=O)CCCCCCCCCCCCCCCCCCCCC. The lowest BCUT2D eigenvalue weighted by atomic mass is 10.0. The van der Waals surface area contributed by atoms with Gasteiger partial charge in [-0.15, -0.1) is 0 Å². The minimum Gasteiger partial charge on any atom is -0.457 e. The van der Waals surface area contributed by atoms with E-state index < -0.39 is 6.10 Å². The van der Waals surface area contributed by atoms with Crippen LogP contribution in [0.5, 0.6) is 0 Å². The molecule has 0 aromatic heterocycles. The summed E-state index contributed by atoms with van der Waals surface area (Å²) in [5.74, 6) is -0.193. The molecule has 57 heavy (non-hydrogen) atoms. The zero-order chi connectivity index (χ0) is 41.2. The van der Waals surface area contributed by atoms with Crippen LogP contribution < -0.4 is 0 Å². The van der Waals surface area contributed by atoms with Crippen LogP contribution in [0.3, 0.4) is 0 Å². The van der Waals surface area contributed by atoms with E-state index in [1.54, 1.807) is 0 Å². The number of rotatable bonds is 49. The van der Waals surface area contributed by atoms with Crippen molar-refractivity contribution in [3.05, 3.63) is 24.3 Å². The lowest BCUT2D eigenvalue weighted by Crippen LogP contribution is -2.27. The largest absolute Gasteiger partial charge is 0.457 e. The van der Waals surface area contributed by atoms with Crippen molar-refractivity contribution >= 4 is 5.97 Å². The van der Waals surface area contributed by atoms with Crippen molar-refractivity contribution < 1.29 is 19.4 Å². The Hall–Kier alpha value is -1.13. The average molecular weight is 803 g/mol. The van der Waals surface area contributed by atoms with Crippen molar-refractivity contribution in [3.63, 3.8) is 0 Å². The Balaban J connectivity index is 3.35. The predicted molar refractivity (Wildman–Crippen MR) is 251 cm³/mol. The molecule has 0 aliphatic heterocycles. The summed E-state index contributed by atoms with van der Waals surface area (Å²) in [6.07, 6.45) is 64.2. The van der Waals surface area contributed by atoms with Gasteiger partial charge in [-0.1, -0.05) is 256 Å². The van der Waals surface area contributed by atoms with E-state index in [0.717, 1.165) is 25.7 Å². The van der Waals surface area contributed by atoms with Crippen LogP contribution in [0.4, 0.5) is 0 Å². The molecule has 0 aromatic carbocycles. The number of ether oxygens (including phenoxy) is 2. The standard InChI is InChI=1S/C53H102O4/c1-3-5-7-9-11-13-15-17-19-21-23-24-25-26-27-28-29-31-33-35-37-39-41-43-45-47-49-56-51-52(50-54)57-53(55)48-46-44-42-40-38-36-34-32-30-22-20-18-16-14-12-10-8-6-4-2/h15,17,21,23,52,54H,3-14,16,18-20,22,24-51H2,1-2H3/b17-15-,23-21-. The van der Waals surface area contributed by atoms with E-state index in [0.29, 0.717) is 19.6 Å². The van der Waals surface area contributed by atoms with E-state index in [9.17, 15) is 9.90 Å². The molecule has 0 spiro atoms. The quantitative estimate of drug-likeness (QED) is 0.0378. The van der Waals surface area contributed by atoms with E-state index in [4.69, 9.17) is 9.47 Å². The summed E-state index contributed by atoms with van der Waals surface area (Å²) >= 11 is 0. The van der Waals surface area contributed by atoms with Gasteiger partial charge in [0.15, 0.2) is 0 Å². The third-order valence-electron chi connectivity index (χ3n) is 11.8. The fourth-order valence-corrected chi connectivity index (χ4v) is 7.89. The van der Waals surface area contributed by atoms with Crippen LogP contribution in [-0.2, 0) is 14.3 Å².